The van der Waals surface area contributed by atoms with Crippen LogP contribution >= 0.6 is 27.7 Å². The van der Waals surface area contributed by atoms with E-state index in [1.54, 1.807) is 18.2 Å². The van der Waals surface area contributed by atoms with Crippen molar-refractivity contribution in [2.24, 2.45) is 5.10 Å². The number of hydrogen-bond donors (Lipinski definition) is 2. The average molecular weight is 552 g/mol. The van der Waals surface area contributed by atoms with Crippen LogP contribution in [0.1, 0.15) is 12.5 Å². The molecular weight excluding hydrogens is 530 g/mol. The van der Waals surface area contributed by atoms with Gasteiger partial charge in [0.2, 0.25) is 0 Å². The molecule has 0 aliphatic carbocycles. The molecule has 0 atom stereocenters. The van der Waals surface area contributed by atoms with Gasteiger partial charge in [-0.05, 0) is 43.3 Å². The standard InChI is InChI=1S/C25H22BrN5O3S/c1-2-34-21-10-6-9-18(23(21)33)15-27-28-22(32)16-35-25-30-29-24(17-7-4-3-5-8-17)31(25)20-13-11-19(26)12-14-20/h3-15,33H,2,16H2,1H3,(H,28,32)/b27-15+. The van der Waals surface area contributed by atoms with Crippen molar-refractivity contribution < 1.29 is 14.6 Å². The zero-order chi connectivity index (χ0) is 24.6. The van der Waals surface area contributed by atoms with Gasteiger partial charge in [-0.25, -0.2) is 5.43 Å². The molecule has 1 amide bonds. The number of aromatic nitrogens is 3. The summed E-state index contributed by atoms with van der Waals surface area (Å²) < 4.78 is 8.24. The molecule has 3 aromatic carbocycles. The Balaban J connectivity index is 1.47. The first-order valence-corrected chi connectivity index (χ1v) is 12.5. The van der Waals surface area contributed by atoms with Crippen LogP contribution in [0.3, 0.4) is 0 Å². The van der Waals surface area contributed by atoms with Gasteiger partial charge in [-0.2, -0.15) is 5.10 Å². The number of phenolic OH excluding ortho intramolecular Hbond substituents is 1. The number of aromatic hydroxyl groups is 1. The second-order valence-corrected chi connectivity index (χ2v) is 9.05. The highest BCUT2D eigenvalue weighted by Gasteiger charge is 2.17. The van der Waals surface area contributed by atoms with E-state index in [1.165, 1.54) is 18.0 Å². The Labute approximate surface area is 215 Å². The van der Waals surface area contributed by atoms with Crippen molar-refractivity contribution in [3.05, 3.63) is 82.8 Å². The molecule has 0 unspecified atom stereocenters. The maximum Gasteiger partial charge on any atom is 0.250 e. The van der Waals surface area contributed by atoms with Crippen molar-refractivity contribution >= 4 is 39.8 Å². The van der Waals surface area contributed by atoms with Crippen LogP contribution in [0.2, 0.25) is 0 Å². The number of carbonyl (C=O) groups excluding carboxylic acids is 1. The topological polar surface area (TPSA) is 102 Å². The second-order valence-electron chi connectivity index (χ2n) is 7.19. The molecule has 0 saturated heterocycles. The number of hydrogen-bond acceptors (Lipinski definition) is 7. The van der Waals surface area contributed by atoms with Crippen LogP contribution in [-0.4, -0.2) is 44.4 Å². The molecule has 0 aliphatic heterocycles. The molecule has 0 saturated carbocycles. The van der Waals surface area contributed by atoms with E-state index in [2.05, 4.69) is 36.7 Å². The quantitative estimate of drug-likeness (QED) is 0.171. The average Bonchev–Trinajstić information content (AvgIpc) is 3.30. The number of carbonyl (C=O) groups is 1. The van der Waals surface area contributed by atoms with Gasteiger partial charge in [0, 0.05) is 21.3 Å². The first-order valence-electron chi connectivity index (χ1n) is 10.7. The summed E-state index contributed by atoms with van der Waals surface area (Å²) in [5, 5.41) is 23.5. The van der Waals surface area contributed by atoms with Gasteiger partial charge in [0.25, 0.3) is 5.91 Å². The third-order valence-electron chi connectivity index (χ3n) is 4.81. The molecule has 4 aromatic rings. The zero-order valence-electron chi connectivity index (χ0n) is 18.8. The van der Waals surface area contributed by atoms with Crippen LogP contribution in [0.15, 0.2) is 87.5 Å². The van der Waals surface area contributed by atoms with Gasteiger partial charge in [-0.15, -0.1) is 10.2 Å². The molecule has 1 aromatic heterocycles. The lowest BCUT2D eigenvalue weighted by Crippen LogP contribution is -2.20. The minimum Gasteiger partial charge on any atom is -0.504 e. The zero-order valence-corrected chi connectivity index (χ0v) is 21.2. The summed E-state index contributed by atoms with van der Waals surface area (Å²) in [6, 6.07) is 22.6. The Kier molecular flexibility index (Phi) is 8.17. The molecule has 0 spiro atoms. The van der Waals surface area contributed by atoms with E-state index in [1.807, 2.05) is 66.1 Å². The molecule has 1 heterocycles. The van der Waals surface area contributed by atoms with Crippen LogP contribution in [-0.2, 0) is 4.79 Å². The number of ether oxygens (including phenoxy) is 1. The van der Waals surface area contributed by atoms with Gasteiger partial charge in [0.1, 0.15) is 0 Å². The number of halogens is 1. The number of para-hydroxylation sites is 1. The molecule has 2 N–H and O–H groups in total. The Bertz CT molecular complexity index is 1330. The Morgan fingerprint density at radius 1 is 1.11 bits per heavy atom. The highest BCUT2D eigenvalue weighted by atomic mass is 79.9. The third-order valence-corrected chi connectivity index (χ3v) is 6.26. The van der Waals surface area contributed by atoms with Crippen molar-refractivity contribution in [2.75, 3.05) is 12.4 Å². The minimum atomic E-state index is -0.321. The fourth-order valence-electron chi connectivity index (χ4n) is 3.21. The van der Waals surface area contributed by atoms with Crippen molar-refractivity contribution in [1.82, 2.24) is 20.2 Å². The number of benzene rings is 3. The van der Waals surface area contributed by atoms with Gasteiger partial charge < -0.3 is 9.84 Å². The normalized spacial score (nSPS) is 11.0. The number of nitrogens with one attached hydrogen (secondary N) is 1. The summed E-state index contributed by atoms with van der Waals surface area (Å²) in [4.78, 5) is 12.4. The van der Waals surface area contributed by atoms with Crippen molar-refractivity contribution in [3.63, 3.8) is 0 Å². The van der Waals surface area contributed by atoms with Crippen LogP contribution in [0, 0.1) is 0 Å². The molecule has 8 nitrogen and oxygen atoms in total. The SMILES string of the molecule is CCOc1cccc(/C=N/NC(=O)CSc2nnc(-c3ccccc3)n2-c2ccc(Br)cc2)c1O. The molecule has 35 heavy (non-hydrogen) atoms. The van der Waals surface area contributed by atoms with Gasteiger partial charge in [0.05, 0.1) is 18.6 Å². The largest absolute Gasteiger partial charge is 0.504 e. The maximum absolute atomic E-state index is 12.4. The van der Waals surface area contributed by atoms with E-state index in [4.69, 9.17) is 4.74 Å². The molecule has 0 aliphatic rings. The molecule has 0 fully saturated rings. The summed E-state index contributed by atoms with van der Waals surface area (Å²) in [6.07, 6.45) is 1.37. The van der Waals surface area contributed by atoms with E-state index in [0.717, 1.165) is 15.7 Å². The molecular formula is C25H22BrN5O3S. The number of nitrogens with zero attached hydrogens (tertiary/aromatic N) is 4. The highest BCUT2D eigenvalue weighted by molar-refractivity contribution is 9.10. The predicted octanol–water partition coefficient (Wildman–Crippen LogP) is 5.04. The molecule has 4 rings (SSSR count). The third kappa shape index (κ3) is 6.09. The molecule has 10 heteroatoms. The molecule has 178 valence electrons. The monoisotopic (exact) mass is 551 g/mol. The Morgan fingerprint density at radius 3 is 2.63 bits per heavy atom. The lowest BCUT2D eigenvalue weighted by Gasteiger charge is -2.10. The second kappa shape index (κ2) is 11.7. The van der Waals surface area contributed by atoms with Crippen molar-refractivity contribution in [2.45, 2.75) is 12.1 Å². The van der Waals surface area contributed by atoms with E-state index in [0.29, 0.717) is 28.9 Å². The number of rotatable bonds is 9. The maximum atomic E-state index is 12.4. The van der Waals surface area contributed by atoms with Crippen LogP contribution < -0.4 is 10.2 Å². The van der Waals surface area contributed by atoms with E-state index in [9.17, 15) is 9.90 Å². The van der Waals surface area contributed by atoms with E-state index >= 15 is 0 Å². The molecule has 0 bridgehead atoms. The van der Waals surface area contributed by atoms with Crippen LogP contribution in [0.5, 0.6) is 11.5 Å². The van der Waals surface area contributed by atoms with Gasteiger partial charge in [-0.1, -0.05) is 64.1 Å². The fourth-order valence-corrected chi connectivity index (χ4v) is 4.22. The highest BCUT2D eigenvalue weighted by Crippen LogP contribution is 2.29. The first-order chi connectivity index (χ1) is 17.1. The van der Waals surface area contributed by atoms with Gasteiger partial charge >= 0.3 is 0 Å². The smallest absolute Gasteiger partial charge is 0.250 e. The summed E-state index contributed by atoms with van der Waals surface area (Å²) in [5.74, 6) is 0.764. The van der Waals surface area contributed by atoms with Crippen LogP contribution in [0.4, 0.5) is 0 Å². The fraction of sp³-hybridized carbons (Fsp3) is 0.120. The predicted molar refractivity (Wildman–Crippen MR) is 140 cm³/mol. The lowest BCUT2D eigenvalue weighted by molar-refractivity contribution is -0.118. The summed E-state index contributed by atoms with van der Waals surface area (Å²) >= 11 is 4.71. The summed E-state index contributed by atoms with van der Waals surface area (Å²) in [6.45, 7) is 2.26. The number of amides is 1. The minimum absolute atomic E-state index is 0.0298. The Hall–Kier alpha value is -3.63. The molecule has 0 radical (unpaired) electrons. The van der Waals surface area contributed by atoms with Gasteiger partial charge in [-0.3, -0.25) is 9.36 Å². The Morgan fingerprint density at radius 2 is 1.89 bits per heavy atom. The lowest BCUT2D eigenvalue weighted by atomic mass is 10.2. The van der Waals surface area contributed by atoms with E-state index < -0.39 is 0 Å². The number of thioether (sulfide) groups is 1. The van der Waals surface area contributed by atoms with E-state index in [-0.39, 0.29) is 17.4 Å². The van der Waals surface area contributed by atoms with Crippen LogP contribution in [0.25, 0.3) is 17.1 Å². The summed E-state index contributed by atoms with van der Waals surface area (Å²) in [7, 11) is 0. The number of phenols is 1. The van der Waals surface area contributed by atoms with Crippen molar-refractivity contribution in [1.29, 1.82) is 0 Å². The van der Waals surface area contributed by atoms with Crippen molar-refractivity contribution in [3.8, 4) is 28.6 Å². The summed E-state index contributed by atoms with van der Waals surface area (Å²) in [5.41, 5.74) is 4.71. The first kappa shape index (κ1) is 24.5. The van der Waals surface area contributed by atoms with Gasteiger partial charge in [0.15, 0.2) is 22.5 Å². The number of hydrazone groups is 1.